The topological polar surface area (TPSA) is 55.1 Å². The van der Waals surface area contributed by atoms with Crippen LogP contribution in [0.15, 0.2) is 18.2 Å². The van der Waals surface area contributed by atoms with Crippen molar-refractivity contribution < 1.29 is 9.90 Å². The molecule has 2 aromatic rings. The molecule has 0 atom stereocenters. The van der Waals surface area contributed by atoms with Gasteiger partial charge in [-0.15, -0.1) is 0 Å². The van der Waals surface area contributed by atoms with Crippen molar-refractivity contribution >= 4 is 17.0 Å². The van der Waals surface area contributed by atoms with Crippen LogP contribution in [0.2, 0.25) is 0 Å². The van der Waals surface area contributed by atoms with Crippen molar-refractivity contribution in [2.45, 2.75) is 46.1 Å². The average Bonchev–Trinajstić information content (AvgIpc) is 2.98. The first-order chi connectivity index (χ1) is 9.41. The van der Waals surface area contributed by atoms with Gasteiger partial charge in [0.2, 0.25) is 0 Å². The lowest BCUT2D eigenvalue weighted by Crippen LogP contribution is -2.14. The highest BCUT2D eigenvalue weighted by Crippen LogP contribution is 2.47. The molecular weight excluding hydrogens is 252 g/mol. The van der Waals surface area contributed by atoms with Gasteiger partial charge in [-0.05, 0) is 30.4 Å². The summed E-state index contributed by atoms with van der Waals surface area (Å²) in [5, 5.41) is 9.43. The SMILES string of the molecule is CC(C)c1nc2cccc(C(=O)O)c2n1CC1(C)CC1. The first kappa shape index (κ1) is 13.2. The van der Waals surface area contributed by atoms with E-state index in [-0.39, 0.29) is 5.92 Å². The molecule has 1 aliphatic rings. The highest BCUT2D eigenvalue weighted by molar-refractivity contribution is 6.01. The van der Waals surface area contributed by atoms with Crippen molar-refractivity contribution in [2.24, 2.45) is 5.41 Å². The maximum atomic E-state index is 11.5. The number of aromatic nitrogens is 2. The number of aromatic carboxylic acids is 1. The molecule has 0 amide bonds. The van der Waals surface area contributed by atoms with Crippen molar-refractivity contribution in [2.75, 3.05) is 0 Å². The lowest BCUT2D eigenvalue weighted by Gasteiger charge is -2.16. The number of carbonyl (C=O) groups is 1. The molecule has 4 nitrogen and oxygen atoms in total. The van der Waals surface area contributed by atoms with E-state index in [1.165, 1.54) is 12.8 Å². The number of benzene rings is 1. The maximum absolute atomic E-state index is 11.5. The summed E-state index contributed by atoms with van der Waals surface area (Å²) >= 11 is 0. The van der Waals surface area contributed by atoms with E-state index in [2.05, 4.69) is 30.3 Å². The van der Waals surface area contributed by atoms with Gasteiger partial charge in [0.1, 0.15) is 5.82 Å². The number of hydrogen-bond donors (Lipinski definition) is 1. The highest BCUT2D eigenvalue weighted by Gasteiger charge is 2.39. The molecular formula is C16H20N2O2. The highest BCUT2D eigenvalue weighted by atomic mass is 16.4. The van der Waals surface area contributed by atoms with E-state index in [1.807, 2.05) is 6.07 Å². The summed E-state index contributed by atoms with van der Waals surface area (Å²) in [5.41, 5.74) is 2.23. The number of carboxylic acids is 1. The first-order valence-electron chi connectivity index (χ1n) is 7.14. The fourth-order valence-electron chi connectivity index (χ4n) is 2.73. The van der Waals surface area contributed by atoms with E-state index in [0.717, 1.165) is 23.4 Å². The number of nitrogens with zero attached hydrogens (tertiary/aromatic N) is 2. The van der Waals surface area contributed by atoms with Gasteiger partial charge in [-0.1, -0.05) is 26.8 Å². The summed E-state index contributed by atoms with van der Waals surface area (Å²) in [5.74, 6) is 0.390. The van der Waals surface area contributed by atoms with Gasteiger partial charge in [-0.25, -0.2) is 9.78 Å². The predicted octanol–water partition coefficient (Wildman–Crippen LogP) is 3.66. The molecule has 0 radical (unpaired) electrons. The molecule has 3 rings (SSSR count). The Hall–Kier alpha value is -1.84. The minimum absolute atomic E-state index is 0.284. The quantitative estimate of drug-likeness (QED) is 0.924. The molecule has 0 spiro atoms. The van der Waals surface area contributed by atoms with E-state index in [1.54, 1.807) is 12.1 Å². The summed E-state index contributed by atoms with van der Waals surface area (Å²) in [7, 11) is 0. The lowest BCUT2D eigenvalue weighted by molar-refractivity contribution is 0.0698. The zero-order valence-electron chi connectivity index (χ0n) is 12.2. The van der Waals surface area contributed by atoms with Crippen LogP contribution in [-0.4, -0.2) is 20.6 Å². The number of hydrogen-bond acceptors (Lipinski definition) is 2. The largest absolute Gasteiger partial charge is 0.478 e. The Morgan fingerprint density at radius 3 is 2.70 bits per heavy atom. The molecule has 1 fully saturated rings. The molecule has 1 heterocycles. The second-order valence-electron chi connectivity index (χ2n) is 6.50. The normalized spacial score (nSPS) is 16.8. The van der Waals surface area contributed by atoms with Gasteiger partial charge in [0, 0.05) is 12.5 Å². The Morgan fingerprint density at radius 1 is 1.45 bits per heavy atom. The molecule has 1 aliphatic carbocycles. The Morgan fingerprint density at radius 2 is 2.15 bits per heavy atom. The fraction of sp³-hybridized carbons (Fsp3) is 0.500. The lowest BCUT2D eigenvalue weighted by atomic mass is 10.1. The van der Waals surface area contributed by atoms with Gasteiger partial charge in [0.05, 0.1) is 16.6 Å². The Bertz CT molecular complexity index is 681. The number of rotatable bonds is 4. The molecule has 0 unspecified atom stereocenters. The molecule has 4 heteroatoms. The van der Waals surface area contributed by atoms with Crippen molar-refractivity contribution in [3.8, 4) is 0 Å². The summed E-state index contributed by atoms with van der Waals surface area (Å²) in [6.07, 6.45) is 2.42. The van der Waals surface area contributed by atoms with E-state index in [9.17, 15) is 9.90 Å². The minimum atomic E-state index is -0.881. The third kappa shape index (κ3) is 2.09. The summed E-state index contributed by atoms with van der Waals surface area (Å²) in [6, 6.07) is 5.34. The van der Waals surface area contributed by atoms with Crippen molar-refractivity contribution in [3.05, 3.63) is 29.6 Å². The van der Waals surface area contributed by atoms with Crippen LogP contribution in [0.1, 0.15) is 55.7 Å². The van der Waals surface area contributed by atoms with Gasteiger partial charge >= 0.3 is 5.97 Å². The van der Waals surface area contributed by atoms with Crippen LogP contribution < -0.4 is 0 Å². The van der Waals surface area contributed by atoms with E-state index in [0.29, 0.717) is 11.0 Å². The average molecular weight is 272 g/mol. The standard InChI is InChI=1S/C16H20N2O2/c1-10(2)14-17-12-6-4-5-11(15(19)20)13(12)18(14)9-16(3)7-8-16/h4-6,10H,7-9H2,1-3H3,(H,19,20). The van der Waals surface area contributed by atoms with Crippen molar-refractivity contribution in [1.82, 2.24) is 9.55 Å². The number of para-hydroxylation sites is 1. The zero-order valence-corrected chi connectivity index (χ0v) is 12.2. The third-order valence-electron chi connectivity index (χ3n) is 4.19. The maximum Gasteiger partial charge on any atom is 0.337 e. The van der Waals surface area contributed by atoms with E-state index >= 15 is 0 Å². The Labute approximate surface area is 118 Å². The fourth-order valence-corrected chi connectivity index (χ4v) is 2.73. The first-order valence-corrected chi connectivity index (χ1v) is 7.14. The zero-order chi connectivity index (χ0) is 14.5. The van der Waals surface area contributed by atoms with Crippen LogP contribution in [0, 0.1) is 5.41 Å². The summed E-state index contributed by atoms with van der Waals surface area (Å²) < 4.78 is 2.14. The van der Waals surface area contributed by atoms with Gasteiger partial charge in [0.15, 0.2) is 0 Å². The van der Waals surface area contributed by atoms with Crippen LogP contribution in [0.4, 0.5) is 0 Å². The smallest absolute Gasteiger partial charge is 0.337 e. The van der Waals surface area contributed by atoms with Crippen molar-refractivity contribution in [3.63, 3.8) is 0 Å². The Kier molecular flexibility index (Phi) is 2.85. The van der Waals surface area contributed by atoms with E-state index in [4.69, 9.17) is 0 Å². The number of fused-ring (bicyclic) bond motifs is 1. The van der Waals surface area contributed by atoms with Crippen LogP contribution in [-0.2, 0) is 6.54 Å². The number of carboxylic acid groups (broad SMARTS) is 1. The van der Waals surface area contributed by atoms with Crippen LogP contribution in [0.5, 0.6) is 0 Å². The van der Waals surface area contributed by atoms with Crippen LogP contribution in [0.3, 0.4) is 0 Å². The summed E-state index contributed by atoms with van der Waals surface area (Å²) in [4.78, 5) is 16.2. The van der Waals surface area contributed by atoms with Gasteiger partial charge < -0.3 is 9.67 Å². The monoisotopic (exact) mass is 272 g/mol. The second kappa shape index (κ2) is 4.33. The Balaban J connectivity index is 2.25. The van der Waals surface area contributed by atoms with Crippen LogP contribution in [0.25, 0.3) is 11.0 Å². The van der Waals surface area contributed by atoms with Gasteiger partial charge in [0.25, 0.3) is 0 Å². The molecule has 1 saturated carbocycles. The second-order valence-corrected chi connectivity index (χ2v) is 6.50. The molecule has 0 bridgehead atoms. The number of imidazole rings is 1. The van der Waals surface area contributed by atoms with Gasteiger partial charge in [-0.2, -0.15) is 0 Å². The molecule has 0 aliphatic heterocycles. The molecule has 1 N–H and O–H groups in total. The van der Waals surface area contributed by atoms with E-state index < -0.39 is 5.97 Å². The third-order valence-corrected chi connectivity index (χ3v) is 4.19. The molecule has 0 saturated heterocycles. The predicted molar refractivity (Wildman–Crippen MR) is 78.1 cm³/mol. The van der Waals surface area contributed by atoms with Gasteiger partial charge in [-0.3, -0.25) is 0 Å². The minimum Gasteiger partial charge on any atom is -0.478 e. The van der Waals surface area contributed by atoms with Crippen LogP contribution >= 0.6 is 0 Å². The molecule has 20 heavy (non-hydrogen) atoms. The molecule has 106 valence electrons. The molecule has 1 aromatic carbocycles. The van der Waals surface area contributed by atoms with Crippen molar-refractivity contribution in [1.29, 1.82) is 0 Å². The summed E-state index contributed by atoms with van der Waals surface area (Å²) in [6.45, 7) is 7.33. The molecule has 1 aromatic heterocycles.